The first-order valence-electron chi connectivity index (χ1n) is 9.24. The fourth-order valence-corrected chi connectivity index (χ4v) is 5.47. The first-order chi connectivity index (χ1) is 13.0. The predicted octanol–water partition coefficient (Wildman–Crippen LogP) is 2.55. The molecular weight excluding hydrogens is 479 g/mol. The van der Waals surface area contributed by atoms with Gasteiger partial charge in [-0.15, -0.1) is 0 Å². The van der Waals surface area contributed by atoms with Crippen molar-refractivity contribution < 1.29 is 18.9 Å². The van der Waals surface area contributed by atoms with Crippen molar-refractivity contribution in [2.24, 2.45) is 0 Å². The first-order valence-corrected chi connectivity index (χ1v) is 12.1. The number of carbonyl (C=O) groups excluding carboxylic acids is 3. The largest absolute Gasteiger partial charge is 0.611 e. The Balaban J connectivity index is 1.70. The lowest BCUT2D eigenvalue weighted by atomic mass is 10.0. The van der Waals surface area contributed by atoms with E-state index in [2.05, 4.69) is 27.9 Å². The second-order valence-electron chi connectivity index (χ2n) is 6.84. The van der Waals surface area contributed by atoms with Crippen LogP contribution >= 0.6 is 22.6 Å². The van der Waals surface area contributed by atoms with Gasteiger partial charge in [-0.05, 0) is 53.4 Å². The van der Waals surface area contributed by atoms with Gasteiger partial charge in [0.2, 0.25) is 11.8 Å². The van der Waals surface area contributed by atoms with Crippen molar-refractivity contribution in [3.8, 4) is 0 Å². The third-order valence-electron chi connectivity index (χ3n) is 5.00. The normalized spacial score (nSPS) is 20.6. The summed E-state index contributed by atoms with van der Waals surface area (Å²) in [7, 11) is 0. The summed E-state index contributed by atoms with van der Waals surface area (Å²) in [5, 5.41) is 2.30. The maximum atomic E-state index is 12.8. The quantitative estimate of drug-likeness (QED) is 0.195. The number of halogens is 1. The molecule has 0 aliphatic carbocycles. The molecule has 2 unspecified atom stereocenters. The van der Waals surface area contributed by atoms with E-state index in [0.717, 1.165) is 29.3 Å². The highest BCUT2D eigenvalue weighted by molar-refractivity contribution is 14.1. The highest BCUT2D eigenvalue weighted by atomic mass is 127. The molecule has 1 aromatic rings. The van der Waals surface area contributed by atoms with Crippen molar-refractivity contribution in [3.63, 3.8) is 0 Å². The summed E-state index contributed by atoms with van der Waals surface area (Å²) in [6.45, 7) is 0.275. The van der Waals surface area contributed by atoms with E-state index < -0.39 is 23.1 Å². The fourth-order valence-electron chi connectivity index (χ4n) is 3.56. The Hall–Kier alpha value is -1.13. The molecule has 1 fully saturated rings. The van der Waals surface area contributed by atoms with Gasteiger partial charge in [-0.2, -0.15) is 0 Å². The molecule has 2 atom stereocenters. The molecular formula is C19H23IN2O4S. The number of hydrogen-bond donors (Lipinski definition) is 1. The minimum atomic E-state index is -1.16. The summed E-state index contributed by atoms with van der Waals surface area (Å²) in [6.07, 6.45) is 4.85. The highest BCUT2D eigenvalue weighted by Gasteiger charge is 2.41. The lowest BCUT2D eigenvalue weighted by Crippen LogP contribution is -2.52. The molecule has 3 amide bonds. The van der Waals surface area contributed by atoms with E-state index in [9.17, 15) is 18.9 Å². The van der Waals surface area contributed by atoms with E-state index in [1.165, 1.54) is 11.3 Å². The van der Waals surface area contributed by atoms with Crippen molar-refractivity contribution in [2.45, 2.75) is 56.0 Å². The average Bonchev–Trinajstić information content (AvgIpc) is 2.98. The van der Waals surface area contributed by atoms with Gasteiger partial charge in [0.1, 0.15) is 11.8 Å². The molecule has 0 spiro atoms. The zero-order chi connectivity index (χ0) is 19.4. The number of imide groups is 1. The van der Waals surface area contributed by atoms with Crippen LogP contribution < -0.4 is 5.32 Å². The first kappa shape index (κ1) is 20.6. The second kappa shape index (κ2) is 9.38. The van der Waals surface area contributed by atoms with Gasteiger partial charge in [0.25, 0.3) is 5.91 Å². The molecule has 0 bridgehead atoms. The molecule has 8 heteroatoms. The van der Waals surface area contributed by atoms with Crippen molar-refractivity contribution in [1.82, 2.24) is 10.2 Å². The number of nitrogens with zero attached hydrogens (tertiary/aromatic N) is 1. The number of carbonyl (C=O) groups is 3. The summed E-state index contributed by atoms with van der Waals surface area (Å²) >= 11 is 1.21. The second-order valence-corrected chi connectivity index (χ2v) is 9.45. The van der Waals surface area contributed by atoms with Gasteiger partial charge in [-0.1, -0.05) is 35.1 Å². The molecule has 6 nitrogen and oxygen atoms in total. The monoisotopic (exact) mass is 502 g/mol. The molecule has 0 saturated carbocycles. The van der Waals surface area contributed by atoms with Gasteiger partial charge >= 0.3 is 0 Å². The number of piperidine rings is 1. The summed E-state index contributed by atoms with van der Waals surface area (Å²) in [6, 6.07) is 4.66. The van der Waals surface area contributed by atoms with E-state index in [4.69, 9.17) is 0 Å². The summed E-state index contributed by atoms with van der Waals surface area (Å²) < 4.78 is 13.9. The number of unbranched alkanes of at least 4 members (excludes halogenated alkanes) is 3. The van der Waals surface area contributed by atoms with Gasteiger partial charge in [0.05, 0.1) is 6.54 Å². The standard InChI is InChI=1S/C19H23IN2O4S/c20-10-3-1-2-4-11-27(26)16-7-5-6-13-14(16)12-22(19(13)25)15-8-9-17(23)21-18(15)24/h5-7,15H,1-4,8-12H2,(H,21,23,24). The van der Waals surface area contributed by atoms with E-state index in [1.54, 1.807) is 12.1 Å². The third kappa shape index (κ3) is 4.65. The Kier molecular flexibility index (Phi) is 7.16. The molecule has 2 aliphatic heterocycles. The number of amides is 3. The lowest BCUT2D eigenvalue weighted by molar-refractivity contribution is -0.136. The van der Waals surface area contributed by atoms with Crippen LogP contribution in [0.5, 0.6) is 0 Å². The number of benzene rings is 1. The van der Waals surface area contributed by atoms with Crippen molar-refractivity contribution in [1.29, 1.82) is 0 Å². The van der Waals surface area contributed by atoms with Crippen LogP contribution in [0.3, 0.4) is 0 Å². The van der Waals surface area contributed by atoms with Crippen molar-refractivity contribution >= 4 is 51.5 Å². The minimum absolute atomic E-state index is 0.222. The van der Waals surface area contributed by atoms with E-state index in [-0.39, 0.29) is 24.8 Å². The summed E-state index contributed by atoms with van der Waals surface area (Å²) in [5.74, 6) is -0.361. The molecule has 2 heterocycles. The number of alkyl halides is 1. The highest BCUT2D eigenvalue weighted by Crippen LogP contribution is 2.32. The number of nitrogens with one attached hydrogen (secondary N) is 1. The van der Waals surface area contributed by atoms with Crippen LogP contribution in [0, 0.1) is 0 Å². The zero-order valence-corrected chi connectivity index (χ0v) is 18.0. The van der Waals surface area contributed by atoms with Crippen LogP contribution in [0.1, 0.15) is 54.4 Å². The minimum Gasteiger partial charge on any atom is -0.611 e. The summed E-state index contributed by atoms with van der Waals surface area (Å²) in [5.41, 5.74) is 1.29. The van der Waals surface area contributed by atoms with Gasteiger partial charge in [-0.3, -0.25) is 19.7 Å². The average molecular weight is 502 g/mol. The number of rotatable bonds is 8. The van der Waals surface area contributed by atoms with Gasteiger partial charge in [0, 0.05) is 17.5 Å². The fraction of sp³-hybridized carbons (Fsp3) is 0.526. The van der Waals surface area contributed by atoms with Crippen molar-refractivity contribution in [2.75, 3.05) is 10.2 Å². The summed E-state index contributed by atoms with van der Waals surface area (Å²) in [4.78, 5) is 38.5. The molecule has 1 saturated heterocycles. The zero-order valence-electron chi connectivity index (χ0n) is 15.0. The molecule has 0 radical (unpaired) electrons. The Morgan fingerprint density at radius 3 is 2.70 bits per heavy atom. The topological polar surface area (TPSA) is 89.5 Å². The van der Waals surface area contributed by atoms with Gasteiger partial charge in [0.15, 0.2) is 4.90 Å². The van der Waals surface area contributed by atoms with Crippen LogP contribution in [-0.4, -0.2) is 43.4 Å². The molecule has 3 rings (SSSR count). The Morgan fingerprint density at radius 2 is 1.96 bits per heavy atom. The molecule has 2 aliphatic rings. The smallest absolute Gasteiger partial charge is 0.255 e. The SMILES string of the molecule is O=C1CCC(N2Cc3c(cccc3[S+]([O-])CCCCCCI)C2=O)C(=O)N1. The predicted molar refractivity (Wildman–Crippen MR) is 111 cm³/mol. The Labute approximate surface area is 175 Å². The molecule has 1 aromatic carbocycles. The third-order valence-corrected chi connectivity index (χ3v) is 7.29. The lowest BCUT2D eigenvalue weighted by Gasteiger charge is -2.29. The van der Waals surface area contributed by atoms with Crippen LogP contribution in [0.4, 0.5) is 0 Å². The maximum Gasteiger partial charge on any atom is 0.255 e. The van der Waals surface area contributed by atoms with Gasteiger partial charge in [-0.25, -0.2) is 0 Å². The number of fused-ring (bicyclic) bond motifs is 1. The molecule has 1 N–H and O–H groups in total. The van der Waals surface area contributed by atoms with Crippen LogP contribution in [0.2, 0.25) is 0 Å². The van der Waals surface area contributed by atoms with Crippen LogP contribution in [0.25, 0.3) is 0 Å². The van der Waals surface area contributed by atoms with Crippen LogP contribution in [0.15, 0.2) is 23.1 Å². The van der Waals surface area contributed by atoms with E-state index >= 15 is 0 Å². The Morgan fingerprint density at radius 1 is 1.19 bits per heavy atom. The molecule has 146 valence electrons. The van der Waals surface area contributed by atoms with E-state index in [0.29, 0.717) is 22.6 Å². The molecule has 0 aromatic heterocycles. The van der Waals surface area contributed by atoms with Crippen LogP contribution in [-0.2, 0) is 27.3 Å². The maximum absolute atomic E-state index is 12.8. The Bertz CT molecular complexity index is 742. The van der Waals surface area contributed by atoms with Crippen molar-refractivity contribution in [3.05, 3.63) is 29.3 Å². The van der Waals surface area contributed by atoms with Gasteiger partial charge < -0.3 is 9.45 Å². The van der Waals surface area contributed by atoms with E-state index in [1.807, 2.05) is 6.07 Å². The molecule has 27 heavy (non-hydrogen) atoms. The number of hydrogen-bond acceptors (Lipinski definition) is 4.